The number of primary amides is 1. The Morgan fingerprint density at radius 2 is 1.84 bits per heavy atom. The Kier molecular flexibility index (Phi) is 7.08. The van der Waals surface area contributed by atoms with Crippen LogP contribution in [0, 0.1) is 6.92 Å². The van der Waals surface area contributed by atoms with Crippen LogP contribution in [0.15, 0.2) is 41.3 Å². The predicted molar refractivity (Wildman–Crippen MR) is 126 cm³/mol. The van der Waals surface area contributed by atoms with Gasteiger partial charge in [0.15, 0.2) is 22.9 Å². The molecule has 0 fully saturated rings. The molecule has 4 aromatic rings. The second-order valence-corrected chi connectivity index (χ2v) is 8.63. The standard InChI is InChI=1S/C21H17Cl2F3N8O3/c1-10-6-7-28-16(23)15(10)34-19(17(27)36)29-14(30-34)9-33-20(37)32(8-13(35)21(24,25)26)18(31-33)11-2-4-12(22)5-3-11/h2-7,13,35H,8-9H2,1H3,(H2,27,36)/t13-/m0/s1. The minimum absolute atomic E-state index is 0.00607. The van der Waals surface area contributed by atoms with Crippen LogP contribution in [0.4, 0.5) is 13.2 Å². The van der Waals surface area contributed by atoms with Gasteiger partial charge in [-0.05, 0) is 42.8 Å². The first-order valence-electron chi connectivity index (χ1n) is 10.4. The monoisotopic (exact) mass is 556 g/mol. The summed E-state index contributed by atoms with van der Waals surface area (Å²) < 4.78 is 41.7. The lowest BCUT2D eigenvalue weighted by Crippen LogP contribution is -2.37. The van der Waals surface area contributed by atoms with E-state index in [2.05, 4.69) is 20.2 Å². The number of aliphatic hydroxyl groups is 1. The van der Waals surface area contributed by atoms with Crippen LogP contribution in [-0.2, 0) is 13.1 Å². The van der Waals surface area contributed by atoms with Crippen molar-refractivity contribution in [3.8, 4) is 17.1 Å². The van der Waals surface area contributed by atoms with Crippen molar-refractivity contribution in [2.45, 2.75) is 32.3 Å². The molecule has 16 heteroatoms. The van der Waals surface area contributed by atoms with Crippen molar-refractivity contribution in [1.29, 1.82) is 0 Å². The molecule has 0 radical (unpaired) electrons. The van der Waals surface area contributed by atoms with Crippen molar-refractivity contribution >= 4 is 29.1 Å². The van der Waals surface area contributed by atoms with Gasteiger partial charge in [0.1, 0.15) is 12.2 Å². The number of aryl methyl sites for hydroxylation is 1. The number of halogens is 5. The quantitative estimate of drug-likeness (QED) is 0.332. The smallest absolute Gasteiger partial charge is 0.382 e. The molecule has 1 aromatic carbocycles. The molecule has 0 saturated heterocycles. The van der Waals surface area contributed by atoms with Gasteiger partial charge in [-0.15, -0.1) is 10.2 Å². The minimum Gasteiger partial charge on any atom is -0.382 e. The van der Waals surface area contributed by atoms with Gasteiger partial charge in [0.25, 0.3) is 5.91 Å². The van der Waals surface area contributed by atoms with E-state index < -0.39 is 37.0 Å². The summed E-state index contributed by atoms with van der Waals surface area (Å²) in [5, 5.41) is 18.3. The van der Waals surface area contributed by atoms with E-state index in [1.807, 2.05) is 0 Å². The highest BCUT2D eigenvalue weighted by Crippen LogP contribution is 2.25. The fraction of sp³-hybridized carbons (Fsp3) is 0.238. The van der Waals surface area contributed by atoms with E-state index in [-0.39, 0.29) is 33.9 Å². The lowest BCUT2D eigenvalue weighted by atomic mass is 10.2. The van der Waals surface area contributed by atoms with Gasteiger partial charge < -0.3 is 10.8 Å². The molecular formula is C21H17Cl2F3N8O3. The van der Waals surface area contributed by atoms with E-state index in [1.165, 1.54) is 30.5 Å². The summed E-state index contributed by atoms with van der Waals surface area (Å²) in [6.07, 6.45) is -6.36. The molecule has 1 atom stereocenters. The molecular weight excluding hydrogens is 540 g/mol. The molecule has 37 heavy (non-hydrogen) atoms. The topological polar surface area (TPSA) is 147 Å². The Bertz CT molecular complexity index is 1510. The summed E-state index contributed by atoms with van der Waals surface area (Å²) in [6.45, 7) is 0.128. The van der Waals surface area contributed by atoms with Crippen LogP contribution >= 0.6 is 23.2 Å². The highest BCUT2D eigenvalue weighted by molar-refractivity contribution is 6.31. The Labute approximate surface area is 215 Å². The van der Waals surface area contributed by atoms with Gasteiger partial charge >= 0.3 is 11.9 Å². The number of benzene rings is 1. The van der Waals surface area contributed by atoms with E-state index in [0.717, 1.165) is 9.36 Å². The zero-order valence-electron chi connectivity index (χ0n) is 18.8. The van der Waals surface area contributed by atoms with Crippen molar-refractivity contribution in [3.63, 3.8) is 0 Å². The normalized spacial score (nSPS) is 12.6. The Morgan fingerprint density at radius 1 is 1.16 bits per heavy atom. The average molecular weight is 557 g/mol. The third-order valence-corrected chi connectivity index (χ3v) is 5.74. The maximum atomic E-state index is 13.1. The summed E-state index contributed by atoms with van der Waals surface area (Å²) in [5.41, 5.74) is 5.54. The zero-order chi connectivity index (χ0) is 27.1. The number of alkyl halides is 3. The first kappa shape index (κ1) is 26.3. The number of nitrogens with zero attached hydrogens (tertiary/aromatic N) is 7. The number of pyridine rings is 1. The molecule has 194 valence electrons. The predicted octanol–water partition coefficient (Wildman–Crippen LogP) is 2.37. The highest BCUT2D eigenvalue weighted by Gasteiger charge is 2.39. The van der Waals surface area contributed by atoms with E-state index in [0.29, 0.717) is 15.2 Å². The van der Waals surface area contributed by atoms with Crippen LogP contribution in [0.2, 0.25) is 10.2 Å². The van der Waals surface area contributed by atoms with Crippen molar-refractivity contribution in [3.05, 3.63) is 74.4 Å². The van der Waals surface area contributed by atoms with E-state index >= 15 is 0 Å². The second-order valence-electron chi connectivity index (χ2n) is 7.83. The molecule has 0 unspecified atom stereocenters. The molecule has 3 N–H and O–H groups in total. The fourth-order valence-corrected chi connectivity index (χ4v) is 3.85. The number of nitrogens with two attached hydrogens (primary N) is 1. The van der Waals surface area contributed by atoms with E-state index in [4.69, 9.17) is 28.9 Å². The molecule has 0 bridgehead atoms. The van der Waals surface area contributed by atoms with Crippen LogP contribution in [0.5, 0.6) is 0 Å². The van der Waals surface area contributed by atoms with Crippen molar-refractivity contribution in [2.24, 2.45) is 5.73 Å². The van der Waals surface area contributed by atoms with Crippen LogP contribution in [0.3, 0.4) is 0 Å². The number of hydrogen-bond acceptors (Lipinski definition) is 7. The van der Waals surface area contributed by atoms with Gasteiger partial charge in [0, 0.05) is 16.8 Å². The highest BCUT2D eigenvalue weighted by atomic mass is 35.5. The lowest BCUT2D eigenvalue weighted by molar-refractivity contribution is -0.207. The maximum Gasteiger partial charge on any atom is 0.416 e. The molecule has 0 aliphatic carbocycles. The van der Waals surface area contributed by atoms with Gasteiger partial charge in [-0.1, -0.05) is 23.2 Å². The van der Waals surface area contributed by atoms with Crippen LogP contribution in [0.1, 0.15) is 22.0 Å². The molecule has 3 aromatic heterocycles. The molecule has 4 rings (SSSR count). The summed E-state index contributed by atoms with van der Waals surface area (Å²) in [6, 6.07) is 7.46. The molecule has 0 saturated carbocycles. The Hall–Kier alpha value is -3.75. The summed E-state index contributed by atoms with van der Waals surface area (Å²) in [4.78, 5) is 33.1. The fourth-order valence-electron chi connectivity index (χ4n) is 3.44. The lowest BCUT2D eigenvalue weighted by Gasteiger charge is -2.15. The first-order valence-corrected chi connectivity index (χ1v) is 11.2. The molecule has 1 amide bonds. The Balaban J connectivity index is 1.80. The zero-order valence-corrected chi connectivity index (χ0v) is 20.3. The number of aromatic nitrogens is 7. The van der Waals surface area contributed by atoms with Crippen molar-refractivity contribution < 1.29 is 23.1 Å². The van der Waals surface area contributed by atoms with Crippen LogP contribution in [0.25, 0.3) is 17.1 Å². The summed E-state index contributed by atoms with van der Waals surface area (Å²) >= 11 is 12.1. The van der Waals surface area contributed by atoms with Crippen molar-refractivity contribution in [1.82, 2.24) is 34.1 Å². The van der Waals surface area contributed by atoms with Gasteiger partial charge in [-0.3, -0.25) is 9.36 Å². The first-order chi connectivity index (χ1) is 17.4. The SMILES string of the molecule is Cc1ccnc(Cl)c1-n1nc(Cn2nc(-c3ccc(Cl)cc3)n(C[C@H](O)C(F)(F)F)c2=O)nc1C(N)=O. The largest absolute Gasteiger partial charge is 0.416 e. The van der Waals surface area contributed by atoms with E-state index in [1.54, 1.807) is 13.0 Å². The summed E-state index contributed by atoms with van der Waals surface area (Å²) in [5.74, 6) is -1.54. The van der Waals surface area contributed by atoms with Crippen molar-refractivity contribution in [2.75, 3.05) is 0 Å². The van der Waals surface area contributed by atoms with Crippen LogP contribution in [-0.4, -0.2) is 57.4 Å². The average Bonchev–Trinajstić information content (AvgIpc) is 3.36. The van der Waals surface area contributed by atoms with Crippen LogP contribution < -0.4 is 11.4 Å². The van der Waals surface area contributed by atoms with Gasteiger partial charge in [0.05, 0.1) is 6.54 Å². The maximum absolute atomic E-state index is 13.1. The number of carbonyl (C=O) groups excluding carboxylic acids is 1. The number of rotatable bonds is 7. The van der Waals surface area contributed by atoms with Gasteiger partial charge in [0.2, 0.25) is 5.82 Å². The summed E-state index contributed by atoms with van der Waals surface area (Å²) in [7, 11) is 0. The third kappa shape index (κ3) is 5.35. The molecule has 0 spiro atoms. The third-order valence-electron chi connectivity index (χ3n) is 5.21. The molecule has 11 nitrogen and oxygen atoms in total. The number of hydrogen-bond donors (Lipinski definition) is 2. The molecule has 3 heterocycles. The van der Waals surface area contributed by atoms with E-state index in [9.17, 15) is 27.9 Å². The number of aliphatic hydroxyl groups excluding tert-OH is 1. The van der Waals surface area contributed by atoms with Gasteiger partial charge in [-0.2, -0.15) is 13.2 Å². The van der Waals surface area contributed by atoms with Gasteiger partial charge in [-0.25, -0.2) is 24.1 Å². The molecule has 0 aliphatic heterocycles. The minimum atomic E-state index is -4.98. The number of carbonyl (C=O) groups is 1. The molecule has 0 aliphatic rings. The second kappa shape index (κ2) is 9.95. The number of amides is 1. The Morgan fingerprint density at radius 3 is 2.43 bits per heavy atom.